The molecule has 32 heavy (non-hydrogen) atoms. The summed E-state index contributed by atoms with van der Waals surface area (Å²) in [5.41, 5.74) is 1.83. The lowest BCUT2D eigenvalue weighted by Gasteiger charge is -2.41. The van der Waals surface area contributed by atoms with Crippen molar-refractivity contribution in [2.45, 2.75) is 70.9 Å². The Bertz CT molecular complexity index is 877. The highest BCUT2D eigenvalue weighted by molar-refractivity contribution is 5.94. The third kappa shape index (κ3) is 4.95. The predicted octanol–water partition coefficient (Wildman–Crippen LogP) is 4.34. The maximum atomic E-state index is 14.3. The number of nitrogens with zero attached hydrogens (tertiary/aromatic N) is 2. The van der Waals surface area contributed by atoms with Crippen molar-refractivity contribution in [3.05, 3.63) is 29.1 Å². The van der Waals surface area contributed by atoms with E-state index in [0.717, 1.165) is 36.8 Å². The zero-order valence-electron chi connectivity index (χ0n) is 18.8. The van der Waals surface area contributed by atoms with Gasteiger partial charge in [-0.25, -0.2) is 13.2 Å². The largest absolute Gasteiger partial charge is 0.337 e. The first-order chi connectivity index (χ1) is 15.1. The summed E-state index contributed by atoms with van der Waals surface area (Å²) in [7, 11) is 0. The van der Waals surface area contributed by atoms with Gasteiger partial charge in [0.2, 0.25) is 17.7 Å². The minimum absolute atomic E-state index is 0.0881. The molecular weight excluding hydrogens is 419 g/mol. The van der Waals surface area contributed by atoms with Crippen LogP contribution in [0.15, 0.2) is 12.1 Å². The van der Waals surface area contributed by atoms with Crippen LogP contribution in [-0.2, 0) is 16.1 Å². The van der Waals surface area contributed by atoms with Gasteiger partial charge in [-0.2, -0.15) is 0 Å². The average molecular weight is 452 g/mol. The SMILES string of the molecule is Cc1c(CN2CCN(C(=O)C3CCCC3)C(C)C2)cc(F)cc1NC(=O)C1CC(F)(F)C1. The summed E-state index contributed by atoms with van der Waals surface area (Å²) >= 11 is 0. The van der Waals surface area contributed by atoms with Gasteiger partial charge in [-0.3, -0.25) is 14.5 Å². The molecule has 8 heteroatoms. The summed E-state index contributed by atoms with van der Waals surface area (Å²) in [5.74, 6) is -4.03. The first-order valence-electron chi connectivity index (χ1n) is 11.6. The van der Waals surface area contributed by atoms with Crippen LogP contribution in [0.3, 0.4) is 0 Å². The van der Waals surface area contributed by atoms with Crippen molar-refractivity contribution in [3.63, 3.8) is 0 Å². The van der Waals surface area contributed by atoms with Crippen LogP contribution in [0.4, 0.5) is 18.9 Å². The van der Waals surface area contributed by atoms with Crippen molar-refractivity contribution in [1.82, 2.24) is 9.80 Å². The number of piperazine rings is 1. The number of anilines is 1. The highest BCUT2D eigenvalue weighted by Gasteiger charge is 2.48. The zero-order valence-corrected chi connectivity index (χ0v) is 18.8. The molecule has 1 aromatic carbocycles. The van der Waals surface area contributed by atoms with E-state index in [1.807, 2.05) is 11.8 Å². The van der Waals surface area contributed by atoms with Crippen molar-refractivity contribution in [1.29, 1.82) is 0 Å². The summed E-state index contributed by atoms with van der Waals surface area (Å²) < 4.78 is 40.5. The molecule has 2 aliphatic carbocycles. The van der Waals surface area contributed by atoms with Crippen LogP contribution >= 0.6 is 0 Å². The molecule has 5 nitrogen and oxygen atoms in total. The molecule has 1 heterocycles. The minimum atomic E-state index is -2.78. The van der Waals surface area contributed by atoms with Gasteiger partial charge in [0.15, 0.2) is 0 Å². The quantitative estimate of drug-likeness (QED) is 0.725. The monoisotopic (exact) mass is 451 g/mol. The second-order valence-electron chi connectivity index (χ2n) is 9.78. The van der Waals surface area contributed by atoms with Crippen LogP contribution in [0.2, 0.25) is 0 Å². The van der Waals surface area contributed by atoms with E-state index in [0.29, 0.717) is 31.9 Å². The number of alkyl halides is 2. The predicted molar refractivity (Wildman–Crippen MR) is 116 cm³/mol. The lowest BCUT2D eigenvalue weighted by Crippen LogP contribution is -2.54. The van der Waals surface area contributed by atoms with Crippen LogP contribution < -0.4 is 5.32 Å². The Kier molecular flexibility index (Phi) is 6.52. The summed E-state index contributed by atoms with van der Waals surface area (Å²) in [5, 5.41) is 2.65. The fourth-order valence-corrected chi connectivity index (χ4v) is 5.26. The number of nitrogens with one attached hydrogen (secondary N) is 1. The third-order valence-electron chi connectivity index (χ3n) is 7.29. The molecule has 0 radical (unpaired) electrons. The average Bonchev–Trinajstić information content (AvgIpc) is 3.24. The van der Waals surface area contributed by atoms with Gasteiger partial charge in [-0.1, -0.05) is 12.8 Å². The van der Waals surface area contributed by atoms with E-state index >= 15 is 0 Å². The molecule has 0 aromatic heterocycles. The number of halogens is 3. The van der Waals surface area contributed by atoms with Crippen molar-refractivity contribution in [3.8, 4) is 0 Å². The fourth-order valence-electron chi connectivity index (χ4n) is 5.26. The van der Waals surface area contributed by atoms with Gasteiger partial charge in [-0.15, -0.1) is 0 Å². The Hall–Kier alpha value is -2.09. The Balaban J connectivity index is 1.38. The van der Waals surface area contributed by atoms with Crippen LogP contribution in [0.5, 0.6) is 0 Å². The van der Waals surface area contributed by atoms with Gasteiger partial charge in [0, 0.05) is 62.6 Å². The maximum Gasteiger partial charge on any atom is 0.249 e. The number of hydrogen-bond donors (Lipinski definition) is 1. The smallest absolute Gasteiger partial charge is 0.249 e. The topological polar surface area (TPSA) is 52.6 Å². The van der Waals surface area contributed by atoms with E-state index in [1.165, 1.54) is 12.1 Å². The molecule has 3 fully saturated rings. The van der Waals surface area contributed by atoms with Crippen LogP contribution in [0.25, 0.3) is 0 Å². The Morgan fingerprint density at radius 2 is 1.81 bits per heavy atom. The van der Waals surface area contributed by atoms with E-state index < -0.39 is 36.4 Å². The second kappa shape index (κ2) is 9.04. The summed E-state index contributed by atoms with van der Waals surface area (Å²) in [6.45, 7) is 6.43. The summed E-state index contributed by atoms with van der Waals surface area (Å²) in [6.07, 6.45) is 3.32. The van der Waals surface area contributed by atoms with Gasteiger partial charge in [0.25, 0.3) is 0 Å². The molecule has 0 bridgehead atoms. The zero-order chi connectivity index (χ0) is 23.0. The van der Waals surface area contributed by atoms with Gasteiger partial charge < -0.3 is 10.2 Å². The van der Waals surface area contributed by atoms with Gasteiger partial charge in [-0.05, 0) is 49.9 Å². The van der Waals surface area contributed by atoms with E-state index in [1.54, 1.807) is 0 Å². The highest BCUT2D eigenvalue weighted by Crippen LogP contribution is 2.43. The van der Waals surface area contributed by atoms with Gasteiger partial charge >= 0.3 is 0 Å². The lowest BCUT2D eigenvalue weighted by molar-refractivity contribution is -0.145. The summed E-state index contributed by atoms with van der Waals surface area (Å²) in [6, 6.07) is 2.79. The number of rotatable bonds is 5. The fraction of sp³-hybridized carbons (Fsp3) is 0.667. The third-order valence-corrected chi connectivity index (χ3v) is 7.29. The molecule has 1 saturated heterocycles. The standard InChI is InChI=1S/C24H32F3N3O2/c1-15-13-29(7-8-30(15)23(32)17-5-3-4-6-17)14-18-9-20(25)10-21(16(18)2)28-22(31)19-11-24(26,27)12-19/h9-10,15,17,19H,3-8,11-14H2,1-2H3,(H,28,31). The van der Waals surface area contributed by atoms with Crippen molar-refractivity contribution in [2.75, 3.05) is 25.0 Å². The van der Waals surface area contributed by atoms with Gasteiger partial charge in [0.1, 0.15) is 5.82 Å². The Morgan fingerprint density at radius 1 is 1.12 bits per heavy atom. The lowest BCUT2D eigenvalue weighted by atomic mass is 9.80. The van der Waals surface area contributed by atoms with Crippen molar-refractivity contribution < 1.29 is 22.8 Å². The van der Waals surface area contributed by atoms with E-state index in [2.05, 4.69) is 17.1 Å². The van der Waals surface area contributed by atoms with Gasteiger partial charge in [0.05, 0.1) is 0 Å². The molecule has 1 atom stereocenters. The van der Waals surface area contributed by atoms with E-state index in [9.17, 15) is 22.8 Å². The van der Waals surface area contributed by atoms with E-state index in [-0.39, 0.29) is 17.9 Å². The number of carbonyl (C=O) groups excluding carboxylic acids is 2. The first-order valence-corrected chi connectivity index (χ1v) is 11.6. The number of carbonyl (C=O) groups is 2. The van der Waals surface area contributed by atoms with Crippen molar-refractivity contribution >= 4 is 17.5 Å². The van der Waals surface area contributed by atoms with Crippen LogP contribution in [0.1, 0.15) is 56.6 Å². The molecule has 1 unspecified atom stereocenters. The molecule has 2 saturated carbocycles. The first kappa shape index (κ1) is 23.1. The molecular formula is C24H32F3N3O2. The molecule has 176 valence electrons. The molecule has 0 spiro atoms. The Labute approximate surface area is 187 Å². The number of amides is 2. The Morgan fingerprint density at radius 3 is 2.44 bits per heavy atom. The highest BCUT2D eigenvalue weighted by atomic mass is 19.3. The van der Waals surface area contributed by atoms with Crippen molar-refractivity contribution in [2.24, 2.45) is 11.8 Å². The molecule has 3 aliphatic rings. The van der Waals surface area contributed by atoms with E-state index in [4.69, 9.17) is 0 Å². The molecule has 4 rings (SSSR count). The normalized spacial score (nSPS) is 24.4. The molecule has 1 N–H and O–H groups in total. The minimum Gasteiger partial charge on any atom is -0.337 e. The molecule has 1 aromatic rings. The second-order valence-corrected chi connectivity index (χ2v) is 9.78. The number of benzene rings is 1. The molecule has 2 amide bonds. The van der Waals surface area contributed by atoms with Crippen LogP contribution in [0, 0.1) is 24.6 Å². The maximum absolute atomic E-state index is 14.3. The van der Waals surface area contributed by atoms with Crippen LogP contribution in [-0.4, -0.2) is 53.2 Å². The summed E-state index contributed by atoms with van der Waals surface area (Å²) in [4.78, 5) is 29.3. The number of hydrogen-bond acceptors (Lipinski definition) is 3. The molecule has 1 aliphatic heterocycles.